The summed E-state index contributed by atoms with van der Waals surface area (Å²) >= 11 is 0. The standard InChI is InChI=1S/C15H22N2O/c1-12-6-5-7-13(10-12)15(18)17-9-4-3-8-14(17)11-16-2/h5-7,10,14,16H,3-4,8-9,11H2,1-2H3. The Morgan fingerprint density at radius 1 is 1.44 bits per heavy atom. The van der Waals surface area contributed by atoms with Crippen molar-refractivity contribution in [1.29, 1.82) is 0 Å². The first-order valence-electron chi connectivity index (χ1n) is 6.74. The summed E-state index contributed by atoms with van der Waals surface area (Å²) in [6.07, 6.45) is 3.46. The third kappa shape index (κ3) is 2.91. The van der Waals surface area contributed by atoms with Crippen molar-refractivity contribution in [1.82, 2.24) is 10.2 Å². The molecule has 1 unspecified atom stereocenters. The van der Waals surface area contributed by atoms with Crippen LogP contribution in [0, 0.1) is 6.92 Å². The monoisotopic (exact) mass is 246 g/mol. The number of hydrogen-bond donors (Lipinski definition) is 1. The molecule has 1 amide bonds. The lowest BCUT2D eigenvalue weighted by atomic mass is 10.0. The minimum Gasteiger partial charge on any atom is -0.334 e. The van der Waals surface area contributed by atoms with Crippen LogP contribution in [0.5, 0.6) is 0 Å². The summed E-state index contributed by atoms with van der Waals surface area (Å²) < 4.78 is 0. The van der Waals surface area contributed by atoms with Crippen LogP contribution < -0.4 is 5.32 Å². The van der Waals surface area contributed by atoms with Crippen LogP contribution in [0.25, 0.3) is 0 Å². The number of hydrogen-bond acceptors (Lipinski definition) is 2. The highest BCUT2D eigenvalue weighted by Gasteiger charge is 2.26. The molecule has 98 valence electrons. The van der Waals surface area contributed by atoms with Crippen LogP contribution in [-0.4, -0.2) is 37.0 Å². The summed E-state index contributed by atoms with van der Waals surface area (Å²) in [5.74, 6) is 0.179. The van der Waals surface area contributed by atoms with Crippen molar-refractivity contribution in [3.05, 3.63) is 35.4 Å². The van der Waals surface area contributed by atoms with Crippen molar-refractivity contribution in [2.75, 3.05) is 20.1 Å². The zero-order valence-electron chi connectivity index (χ0n) is 11.3. The van der Waals surface area contributed by atoms with E-state index in [-0.39, 0.29) is 5.91 Å². The fraction of sp³-hybridized carbons (Fsp3) is 0.533. The van der Waals surface area contributed by atoms with Gasteiger partial charge in [-0.3, -0.25) is 4.79 Å². The maximum atomic E-state index is 12.5. The van der Waals surface area contributed by atoms with E-state index in [0.717, 1.165) is 37.1 Å². The van der Waals surface area contributed by atoms with Gasteiger partial charge in [0.15, 0.2) is 0 Å². The second-order valence-electron chi connectivity index (χ2n) is 5.08. The Morgan fingerprint density at radius 3 is 3.00 bits per heavy atom. The Bertz CT molecular complexity index is 415. The summed E-state index contributed by atoms with van der Waals surface area (Å²) in [5.41, 5.74) is 1.96. The van der Waals surface area contributed by atoms with Crippen LogP contribution in [0.2, 0.25) is 0 Å². The molecule has 18 heavy (non-hydrogen) atoms. The normalized spacial score (nSPS) is 19.9. The Labute approximate surface area is 109 Å². The number of nitrogens with one attached hydrogen (secondary N) is 1. The van der Waals surface area contributed by atoms with Gasteiger partial charge in [0.05, 0.1) is 0 Å². The third-order valence-electron chi connectivity index (χ3n) is 3.59. The molecule has 0 aromatic heterocycles. The lowest BCUT2D eigenvalue weighted by molar-refractivity contribution is 0.0615. The molecule has 2 rings (SSSR count). The summed E-state index contributed by atoms with van der Waals surface area (Å²) in [6, 6.07) is 8.22. The van der Waals surface area contributed by atoms with Crippen LogP contribution in [-0.2, 0) is 0 Å². The Hall–Kier alpha value is -1.35. The van der Waals surface area contributed by atoms with Crippen molar-refractivity contribution >= 4 is 5.91 Å². The lowest BCUT2D eigenvalue weighted by Crippen LogP contribution is -2.48. The summed E-state index contributed by atoms with van der Waals surface area (Å²) in [6.45, 7) is 3.80. The Kier molecular flexibility index (Phi) is 4.37. The molecule has 1 fully saturated rings. The van der Waals surface area contributed by atoms with Crippen molar-refractivity contribution < 1.29 is 4.79 Å². The molecule has 0 bridgehead atoms. The lowest BCUT2D eigenvalue weighted by Gasteiger charge is -2.35. The van der Waals surface area contributed by atoms with Crippen molar-refractivity contribution in [3.8, 4) is 0 Å². The molecule has 0 aliphatic carbocycles. The Morgan fingerprint density at radius 2 is 2.28 bits per heavy atom. The summed E-state index contributed by atoms with van der Waals surface area (Å²) in [7, 11) is 1.95. The maximum Gasteiger partial charge on any atom is 0.254 e. The highest BCUT2D eigenvalue weighted by molar-refractivity contribution is 5.94. The van der Waals surface area contributed by atoms with Crippen molar-refractivity contribution in [3.63, 3.8) is 0 Å². The minimum atomic E-state index is 0.179. The van der Waals surface area contributed by atoms with E-state index < -0.39 is 0 Å². The predicted molar refractivity (Wildman–Crippen MR) is 73.8 cm³/mol. The number of amides is 1. The molecule has 1 N–H and O–H groups in total. The van der Waals surface area contributed by atoms with Gasteiger partial charge in [-0.05, 0) is 45.4 Å². The molecule has 0 spiro atoms. The Balaban J connectivity index is 2.15. The SMILES string of the molecule is CNCC1CCCCN1C(=O)c1cccc(C)c1. The van der Waals surface area contributed by atoms with Gasteiger partial charge in [-0.1, -0.05) is 17.7 Å². The number of carbonyl (C=O) groups is 1. The molecule has 1 aromatic rings. The highest BCUT2D eigenvalue weighted by Crippen LogP contribution is 2.19. The van der Waals surface area contributed by atoms with Gasteiger partial charge in [0.2, 0.25) is 0 Å². The van der Waals surface area contributed by atoms with Gasteiger partial charge in [-0.25, -0.2) is 0 Å². The summed E-state index contributed by atoms with van der Waals surface area (Å²) in [4.78, 5) is 14.6. The number of benzene rings is 1. The molecule has 1 saturated heterocycles. The molecule has 0 radical (unpaired) electrons. The number of piperidine rings is 1. The maximum absolute atomic E-state index is 12.5. The highest BCUT2D eigenvalue weighted by atomic mass is 16.2. The second kappa shape index (κ2) is 6.01. The molecular formula is C15H22N2O. The van der Waals surface area contributed by atoms with E-state index in [4.69, 9.17) is 0 Å². The zero-order valence-corrected chi connectivity index (χ0v) is 11.3. The summed E-state index contributed by atoms with van der Waals surface area (Å²) in [5, 5.41) is 3.19. The fourth-order valence-corrected chi connectivity index (χ4v) is 2.66. The molecule has 1 aromatic carbocycles. The van der Waals surface area contributed by atoms with Gasteiger partial charge in [0.25, 0.3) is 5.91 Å². The van der Waals surface area contributed by atoms with Crippen LogP contribution in [0.15, 0.2) is 24.3 Å². The first-order chi connectivity index (χ1) is 8.72. The molecule has 0 saturated carbocycles. The molecule has 1 heterocycles. The van der Waals surface area contributed by atoms with E-state index in [1.165, 1.54) is 6.42 Å². The number of likely N-dealkylation sites (N-methyl/N-ethyl adjacent to an activating group) is 1. The molecule has 1 aliphatic rings. The van der Waals surface area contributed by atoms with Gasteiger partial charge in [-0.15, -0.1) is 0 Å². The van der Waals surface area contributed by atoms with Crippen LogP contribution >= 0.6 is 0 Å². The smallest absolute Gasteiger partial charge is 0.254 e. The van der Waals surface area contributed by atoms with E-state index in [1.807, 2.05) is 43.1 Å². The average Bonchev–Trinajstić information content (AvgIpc) is 2.39. The van der Waals surface area contributed by atoms with Crippen LogP contribution in [0.4, 0.5) is 0 Å². The number of carbonyl (C=O) groups excluding carboxylic acids is 1. The van der Waals surface area contributed by atoms with E-state index in [2.05, 4.69) is 5.32 Å². The number of rotatable bonds is 3. The van der Waals surface area contributed by atoms with Gasteiger partial charge in [-0.2, -0.15) is 0 Å². The number of likely N-dealkylation sites (tertiary alicyclic amines) is 1. The molecule has 3 nitrogen and oxygen atoms in total. The second-order valence-corrected chi connectivity index (χ2v) is 5.08. The largest absolute Gasteiger partial charge is 0.334 e. The van der Waals surface area contributed by atoms with Crippen LogP contribution in [0.3, 0.4) is 0 Å². The first-order valence-corrected chi connectivity index (χ1v) is 6.74. The zero-order chi connectivity index (χ0) is 13.0. The molecule has 1 aliphatic heterocycles. The van der Waals surface area contributed by atoms with E-state index in [0.29, 0.717) is 6.04 Å². The van der Waals surface area contributed by atoms with Gasteiger partial charge in [0.1, 0.15) is 0 Å². The molecule has 3 heteroatoms. The van der Waals surface area contributed by atoms with Crippen molar-refractivity contribution in [2.24, 2.45) is 0 Å². The fourth-order valence-electron chi connectivity index (χ4n) is 2.66. The minimum absolute atomic E-state index is 0.179. The quantitative estimate of drug-likeness (QED) is 0.887. The molecule has 1 atom stereocenters. The first kappa shape index (κ1) is 13.1. The van der Waals surface area contributed by atoms with Gasteiger partial charge >= 0.3 is 0 Å². The van der Waals surface area contributed by atoms with E-state index >= 15 is 0 Å². The number of nitrogens with zero attached hydrogens (tertiary/aromatic N) is 1. The van der Waals surface area contributed by atoms with Gasteiger partial charge < -0.3 is 10.2 Å². The van der Waals surface area contributed by atoms with Gasteiger partial charge in [0, 0.05) is 24.7 Å². The number of aryl methyl sites for hydroxylation is 1. The van der Waals surface area contributed by atoms with Crippen LogP contribution in [0.1, 0.15) is 35.2 Å². The topological polar surface area (TPSA) is 32.3 Å². The van der Waals surface area contributed by atoms with Crippen molar-refractivity contribution in [2.45, 2.75) is 32.2 Å². The predicted octanol–water partition coefficient (Wildman–Crippen LogP) is 2.21. The average molecular weight is 246 g/mol. The van der Waals surface area contributed by atoms with E-state index in [9.17, 15) is 4.79 Å². The molecular weight excluding hydrogens is 224 g/mol. The third-order valence-corrected chi connectivity index (χ3v) is 3.59. The van der Waals surface area contributed by atoms with E-state index in [1.54, 1.807) is 0 Å².